The van der Waals surface area contributed by atoms with Gasteiger partial charge in [0.15, 0.2) is 0 Å². The van der Waals surface area contributed by atoms with Gasteiger partial charge in [-0.05, 0) is 36.2 Å². The summed E-state index contributed by atoms with van der Waals surface area (Å²) < 4.78 is 0. The SMILES string of the molecule is CC(Cc1ccc(NC(=O)C2CSCN2C(=O)c2ccccc2)cc1)C(=O)O. The molecule has 146 valence electrons. The van der Waals surface area contributed by atoms with Gasteiger partial charge in [-0.15, -0.1) is 11.8 Å². The van der Waals surface area contributed by atoms with E-state index in [1.807, 2.05) is 18.2 Å². The summed E-state index contributed by atoms with van der Waals surface area (Å²) >= 11 is 1.55. The minimum Gasteiger partial charge on any atom is -0.481 e. The molecule has 28 heavy (non-hydrogen) atoms. The molecule has 1 fully saturated rings. The lowest BCUT2D eigenvalue weighted by Crippen LogP contribution is -2.44. The molecule has 1 heterocycles. The van der Waals surface area contributed by atoms with Gasteiger partial charge in [0.1, 0.15) is 6.04 Å². The molecule has 3 rings (SSSR count). The highest BCUT2D eigenvalue weighted by molar-refractivity contribution is 7.99. The van der Waals surface area contributed by atoms with E-state index in [9.17, 15) is 14.4 Å². The first-order valence-corrected chi connectivity index (χ1v) is 10.2. The number of carbonyl (C=O) groups excluding carboxylic acids is 2. The first kappa shape index (κ1) is 19.9. The van der Waals surface area contributed by atoms with Crippen LogP contribution in [-0.4, -0.2) is 45.5 Å². The molecule has 2 aromatic carbocycles. The molecule has 0 spiro atoms. The first-order chi connectivity index (χ1) is 13.5. The highest BCUT2D eigenvalue weighted by Gasteiger charge is 2.35. The molecule has 6 nitrogen and oxygen atoms in total. The summed E-state index contributed by atoms with van der Waals surface area (Å²) in [7, 11) is 0. The smallest absolute Gasteiger partial charge is 0.306 e. The van der Waals surface area contributed by atoms with Crippen molar-refractivity contribution < 1.29 is 19.5 Å². The predicted molar refractivity (Wildman–Crippen MR) is 109 cm³/mol. The summed E-state index contributed by atoms with van der Waals surface area (Å²) in [4.78, 5) is 38.0. The Balaban J connectivity index is 1.63. The molecular formula is C21H22N2O4S. The number of benzene rings is 2. The van der Waals surface area contributed by atoms with E-state index in [1.54, 1.807) is 60.0 Å². The van der Waals surface area contributed by atoms with Gasteiger partial charge in [-0.3, -0.25) is 14.4 Å². The Labute approximate surface area is 167 Å². The molecule has 2 unspecified atom stereocenters. The average Bonchev–Trinajstić information content (AvgIpc) is 3.19. The maximum Gasteiger partial charge on any atom is 0.306 e. The van der Waals surface area contributed by atoms with E-state index < -0.39 is 17.9 Å². The van der Waals surface area contributed by atoms with Gasteiger partial charge in [0.25, 0.3) is 5.91 Å². The lowest BCUT2D eigenvalue weighted by atomic mass is 10.0. The lowest BCUT2D eigenvalue weighted by Gasteiger charge is -2.23. The molecule has 2 amide bonds. The van der Waals surface area contributed by atoms with Crippen molar-refractivity contribution in [3.63, 3.8) is 0 Å². The number of carboxylic acids is 1. The van der Waals surface area contributed by atoms with Gasteiger partial charge in [0, 0.05) is 17.0 Å². The normalized spacial score (nSPS) is 17.2. The lowest BCUT2D eigenvalue weighted by molar-refractivity contribution is -0.141. The van der Waals surface area contributed by atoms with Crippen LogP contribution in [0.3, 0.4) is 0 Å². The fraction of sp³-hybridized carbons (Fsp3) is 0.286. The molecule has 0 saturated carbocycles. The van der Waals surface area contributed by atoms with Crippen LogP contribution in [0.4, 0.5) is 5.69 Å². The zero-order valence-corrected chi connectivity index (χ0v) is 16.3. The van der Waals surface area contributed by atoms with Gasteiger partial charge >= 0.3 is 5.97 Å². The third-order valence-electron chi connectivity index (χ3n) is 4.65. The van der Waals surface area contributed by atoms with Crippen molar-refractivity contribution in [1.82, 2.24) is 4.90 Å². The predicted octanol–water partition coefficient (Wildman–Crippen LogP) is 3.10. The largest absolute Gasteiger partial charge is 0.481 e. The van der Waals surface area contributed by atoms with E-state index in [0.29, 0.717) is 29.3 Å². The number of rotatable bonds is 6. The Hall–Kier alpha value is -2.80. The van der Waals surface area contributed by atoms with Crippen molar-refractivity contribution in [1.29, 1.82) is 0 Å². The molecule has 1 saturated heterocycles. The number of aliphatic carboxylic acids is 1. The highest BCUT2D eigenvalue weighted by Crippen LogP contribution is 2.24. The molecule has 0 aliphatic carbocycles. The second-order valence-electron chi connectivity index (χ2n) is 6.79. The summed E-state index contributed by atoms with van der Waals surface area (Å²) in [5.41, 5.74) is 2.09. The van der Waals surface area contributed by atoms with E-state index in [4.69, 9.17) is 5.11 Å². The molecule has 2 N–H and O–H groups in total. The summed E-state index contributed by atoms with van der Waals surface area (Å²) in [6.07, 6.45) is 0.433. The van der Waals surface area contributed by atoms with Crippen molar-refractivity contribution in [3.8, 4) is 0 Å². The van der Waals surface area contributed by atoms with Crippen LogP contribution in [0.25, 0.3) is 0 Å². The average molecular weight is 398 g/mol. The summed E-state index contributed by atoms with van der Waals surface area (Å²) in [5, 5.41) is 11.9. The van der Waals surface area contributed by atoms with Gasteiger partial charge < -0.3 is 15.3 Å². The van der Waals surface area contributed by atoms with E-state index in [0.717, 1.165) is 5.56 Å². The van der Waals surface area contributed by atoms with Crippen LogP contribution in [-0.2, 0) is 16.0 Å². The van der Waals surface area contributed by atoms with Crippen molar-refractivity contribution >= 4 is 35.2 Å². The molecule has 1 aliphatic rings. The van der Waals surface area contributed by atoms with Crippen molar-refractivity contribution in [2.45, 2.75) is 19.4 Å². The fourth-order valence-electron chi connectivity index (χ4n) is 3.00. The molecule has 2 aromatic rings. The number of nitrogens with one attached hydrogen (secondary N) is 1. The number of hydrogen-bond acceptors (Lipinski definition) is 4. The van der Waals surface area contributed by atoms with E-state index >= 15 is 0 Å². The molecule has 0 bridgehead atoms. The standard InChI is InChI=1S/C21H22N2O4S/c1-14(21(26)27)11-15-7-9-17(10-8-15)22-19(24)18-12-28-13-23(18)20(25)16-5-3-2-4-6-16/h2-10,14,18H,11-13H2,1H3,(H,22,24)(H,26,27). The second-order valence-corrected chi connectivity index (χ2v) is 7.79. The number of nitrogens with zero attached hydrogens (tertiary/aromatic N) is 1. The summed E-state index contributed by atoms with van der Waals surface area (Å²) in [6.45, 7) is 1.66. The molecular weight excluding hydrogens is 376 g/mol. The van der Waals surface area contributed by atoms with Crippen molar-refractivity contribution in [2.75, 3.05) is 16.9 Å². The fourth-order valence-corrected chi connectivity index (χ4v) is 4.15. The topological polar surface area (TPSA) is 86.7 Å². The van der Waals surface area contributed by atoms with Gasteiger partial charge in [0.05, 0.1) is 11.8 Å². The summed E-state index contributed by atoms with van der Waals surface area (Å²) in [6, 6.07) is 15.6. The number of carbonyl (C=O) groups is 3. The second kappa shape index (κ2) is 8.93. The van der Waals surface area contributed by atoms with Crippen LogP contribution < -0.4 is 5.32 Å². The van der Waals surface area contributed by atoms with Crippen LogP contribution in [0.15, 0.2) is 54.6 Å². The number of hydrogen-bond donors (Lipinski definition) is 2. The van der Waals surface area contributed by atoms with E-state index in [-0.39, 0.29) is 11.8 Å². The maximum absolute atomic E-state index is 12.7. The van der Waals surface area contributed by atoms with Crippen LogP contribution >= 0.6 is 11.8 Å². The maximum atomic E-state index is 12.7. The van der Waals surface area contributed by atoms with Gasteiger partial charge in [0.2, 0.25) is 5.91 Å². The number of anilines is 1. The Bertz CT molecular complexity index is 854. The number of carboxylic acid groups (broad SMARTS) is 1. The molecule has 1 aliphatic heterocycles. The number of thioether (sulfide) groups is 1. The Kier molecular flexibility index (Phi) is 6.36. The quantitative estimate of drug-likeness (QED) is 0.781. The minimum atomic E-state index is -0.834. The third-order valence-corrected chi connectivity index (χ3v) is 5.66. The zero-order valence-electron chi connectivity index (χ0n) is 15.5. The zero-order chi connectivity index (χ0) is 20.1. The monoisotopic (exact) mass is 398 g/mol. The van der Waals surface area contributed by atoms with Crippen molar-refractivity contribution in [2.24, 2.45) is 5.92 Å². The van der Waals surface area contributed by atoms with Crippen LogP contribution in [0.5, 0.6) is 0 Å². The first-order valence-electron chi connectivity index (χ1n) is 9.02. The van der Waals surface area contributed by atoms with Gasteiger partial charge in [-0.2, -0.15) is 0 Å². The number of amides is 2. The third kappa shape index (κ3) is 4.72. The van der Waals surface area contributed by atoms with E-state index in [1.165, 1.54) is 0 Å². The minimum absolute atomic E-state index is 0.149. The molecule has 0 aromatic heterocycles. The Morgan fingerprint density at radius 1 is 1.14 bits per heavy atom. The molecule has 0 radical (unpaired) electrons. The molecule has 2 atom stereocenters. The van der Waals surface area contributed by atoms with Crippen LogP contribution in [0.2, 0.25) is 0 Å². The highest BCUT2D eigenvalue weighted by atomic mass is 32.2. The van der Waals surface area contributed by atoms with Crippen LogP contribution in [0, 0.1) is 5.92 Å². The van der Waals surface area contributed by atoms with E-state index in [2.05, 4.69) is 5.32 Å². The molecule has 7 heteroatoms. The Morgan fingerprint density at radius 2 is 1.82 bits per heavy atom. The van der Waals surface area contributed by atoms with Gasteiger partial charge in [-0.1, -0.05) is 37.3 Å². The summed E-state index contributed by atoms with van der Waals surface area (Å²) in [5.74, 6) is -0.631. The van der Waals surface area contributed by atoms with Crippen LogP contribution in [0.1, 0.15) is 22.8 Å². The van der Waals surface area contributed by atoms with Gasteiger partial charge in [-0.25, -0.2) is 0 Å². The van der Waals surface area contributed by atoms with Crippen molar-refractivity contribution in [3.05, 3.63) is 65.7 Å². The Morgan fingerprint density at radius 3 is 2.46 bits per heavy atom.